The zero-order valence-corrected chi connectivity index (χ0v) is 15.9. The molecule has 3 aromatic rings. The van der Waals surface area contributed by atoms with Gasteiger partial charge in [-0.2, -0.15) is 5.10 Å². The molecule has 1 aliphatic heterocycles. The summed E-state index contributed by atoms with van der Waals surface area (Å²) in [4.78, 5) is 23.3. The molecule has 4 rings (SSSR count). The van der Waals surface area contributed by atoms with Crippen molar-refractivity contribution in [2.45, 2.75) is 13.0 Å². The lowest BCUT2D eigenvalue weighted by Gasteiger charge is -2.32. The number of aromatic nitrogens is 4. The Morgan fingerprint density at radius 3 is 2.86 bits per heavy atom. The van der Waals surface area contributed by atoms with Gasteiger partial charge in [-0.25, -0.2) is 4.98 Å². The fraction of sp³-hybridized carbons (Fsp3) is 0.300. The van der Waals surface area contributed by atoms with Crippen LogP contribution in [-0.2, 0) is 11.8 Å². The molecular weight excluding hydrogens is 356 g/mol. The van der Waals surface area contributed by atoms with Crippen LogP contribution in [0, 0.1) is 6.92 Å². The first kappa shape index (κ1) is 18.1. The molecule has 8 nitrogen and oxygen atoms in total. The number of carbonyl (C=O) groups excluding carboxylic acids is 1. The maximum absolute atomic E-state index is 12.7. The van der Waals surface area contributed by atoms with E-state index in [4.69, 9.17) is 4.74 Å². The number of nitrogens with zero attached hydrogens (tertiary/aromatic N) is 5. The summed E-state index contributed by atoms with van der Waals surface area (Å²) in [6.45, 7) is 3.43. The lowest BCUT2D eigenvalue weighted by atomic mass is 10.1. The highest BCUT2D eigenvalue weighted by atomic mass is 16.5. The summed E-state index contributed by atoms with van der Waals surface area (Å²) in [5.41, 5.74) is 2.27. The van der Waals surface area contributed by atoms with E-state index in [1.807, 2.05) is 44.3 Å². The van der Waals surface area contributed by atoms with Crippen molar-refractivity contribution in [1.82, 2.24) is 24.6 Å². The Bertz CT molecular complexity index is 952. The summed E-state index contributed by atoms with van der Waals surface area (Å²) in [7, 11) is 1.90. The molecule has 3 aromatic heterocycles. The van der Waals surface area contributed by atoms with Crippen LogP contribution in [0.15, 0.2) is 48.7 Å². The summed E-state index contributed by atoms with van der Waals surface area (Å²) in [5.74, 6) is 1.33. The Morgan fingerprint density at radius 1 is 1.21 bits per heavy atom. The number of amides is 1. The number of anilines is 2. The van der Waals surface area contributed by atoms with E-state index in [2.05, 4.69) is 20.4 Å². The Balaban J connectivity index is 1.48. The van der Waals surface area contributed by atoms with Crippen molar-refractivity contribution in [3.8, 4) is 0 Å². The van der Waals surface area contributed by atoms with E-state index in [-0.39, 0.29) is 12.0 Å². The molecule has 0 spiro atoms. The molecule has 0 aliphatic carbocycles. The van der Waals surface area contributed by atoms with Crippen LogP contribution in [-0.4, -0.2) is 50.3 Å². The lowest BCUT2D eigenvalue weighted by molar-refractivity contribution is -0.0248. The van der Waals surface area contributed by atoms with E-state index < -0.39 is 0 Å². The van der Waals surface area contributed by atoms with Crippen LogP contribution < -0.4 is 5.32 Å². The number of carbonyl (C=O) groups is 1. The highest BCUT2D eigenvalue weighted by molar-refractivity contribution is 5.92. The first-order valence-corrected chi connectivity index (χ1v) is 9.16. The topological polar surface area (TPSA) is 85.2 Å². The number of hydrogen-bond donors (Lipinski definition) is 1. The molecule has 0 radical (unpaired) electrons. The zero-order valence-electron chi connectivity index (χ0n) is 15.9. The molecular formula is C20H22N6O2. The minimum atomic E-state index is -0.284. The van der Waals surface area contributed by atoms with E-state index in [9.17, 15) is 4.79 Å². The minimum Gasteiger partial charge on any atom is -0.368 e. The maximum Gasteiger partial charge on any atom is 0.272 e. The summed E-state index contributed by atoms with van der Waals surface area (Å²) in [6.07, 6.45) is 1.34. The lowest BCUT2D eigenvalue weighted by Crippen LogP contribution is -2.42. The summed E-state index contributed by atoms with van der Waals surface area (Å²) >= 11 is 0. The standard InChI is InChI=1S/C20H22N6O2/c1-14-12-19(24-25(14)2)23-18-8-5-7-15(22-18)17-13-26(10-11-28-17)20(27)16-6-3-4-9-21-16/h3-9,12,17H,10-11,13H2,1-2H3,(H,22,23,24)/t17-/m1/s1. The third kappa shape index (κ3) is 3.86. The van der Waals surface area contributed by atoms with Crippen LogP contribution in [0.5, 0.6) is 0 Å². The first-order valence-electron chi connectivity index (χ1n) is 9.16. The molecule has 4 heterocycles. The van der Waals surface area contributed by atoms with Crippen LogP contribution in [0.2, 0.25) is 0 Å². The monoisotopic (exact) mass is 378 g/mol. The van der Waals surface area contributed by atoms with Crippen molar-refractivity contribution in [2.24, 2.45) is 7.05 Å². The van der Waals surface area contributed by atoms with Crippen LogP contribution in [0.3, 0.4) is 0 Å². The van der Waals surface area contributed by atoms with Crippen LogP contribution >= 0.6 is 0 Å². The SMILES string of the molecule is Cc1cc(Nc2cccc([C@H]3CN(C(=O)c4ccccn4)CCO3)n2)nn1C. The predicted octanol–water partition coefficient (Wildman–Crippen LogP) is 2.48. The van der Waals surface area contributed by atoms with Gasteiger partial charge in [0.15, 0.2) is 5.82 Å². The number of ether oxygens (including phenoxy) is 1. The Morgan fingerprint density at radius 2 is 2.11 bits per heavy atom. The van der Waals surface area contributed by atoms with E-state index >= 15 is 0 Å². The summed E-state index contributed by atoms with van der Waals surface area (Å²) in [6, 6.07) is 13.0. The molecule has 1 atom stereocenters. The second-order valence-corrected chi connectivity index (χ2v) is 6.69. The molecule has 144 valence electrons. The number of aryl methyl sites for hydroxylation is 2. The molecule has 28 heavy (non-hydrogen) atoms. The van der Waals surface area contributed by atoms with Gasteiger partial charge in [0, 0.05) is 31.5 Å². The van der Waals surface area contributed by atoms with Crippen molar-refractivity contribution in [1.29, 1.82) is 0 Å². The van der Waals surface area contributed by atoms with Gasteiger partial charge in [0.25, 0.3) is 5.91 Å². The largest absolute Gasteiger partial charge is 0.368 e. The third-order valence-corrected chi connectivity index (χ3v) is 4.71. The van der Waals surface area contributed by atoms with Gasteiger partial charge in [0.2, 0.25) is 0 Å². The number of nitrogens with one attached hydrogen (secondary N) is 1. The molecule has 1 aliphatic rings. The van der Waals surface area contributed by atoms with E-state index in [1.165, 1.54) is 0 Å². The Hall–Kier alpha value is -3.26. The third-order valence-electron chi connectivity index (χ3n) is 4.71. The van der Waals surface area contributed by atoms with Gasteiger partial charge in [-0.15, -0.1) is 0 Å². The van der Waals surface area contributed by atoms with E-state index in [0.29, 0.717) is 31.2 Å². The average molecular weight is 378 g/mol. The Labute approximate surface area is 163 Å². The van der Waals surface area contributed by atoms with Gasteiger partial charge in [-0.3, -0.25) is 14.5 Å². The minimum absolute atomic E-state index is 0.0906. The molecule has 0 aromatic carbocycles. The smallest absolute Gasteiger partial charge is 0.272 e. The second-order valence-electron chi connectivity index (χ2n) is 6.69. The molecule has 0 unspecified atom stereocenters. The van der Waals surface area contributed by atoms with Crippen molar-refractivity contribution in [2.75, 3.05) is 25.0 Å². The molecule has 8 heteroatoms. The van der Waals surface area contributed by atoms with Crippen LogP contribution in [0.4, 0.5) is 11.6 Å². The van der Waals surface area contributed by atoms with E-state index in [0.717, 1.165) is 17.2 Å². The summed E-state index contributed by atoms with van der Waals surface area (Å²) in [5, 5.41) is 7.61. The fourth-order valence-corrected chi connectivity index (χ4v) is 3.12. The van der Waals surface area contributed by atoms with Gasteiger partial charge < -0.3 is 15.0 Å². The van der Waals surface area contributed by atoms with Crippen molar-refractivity contribution in [3.63, 3.8) is 0 Å². The van der Waals surface area contributed by atoms with E-state index in [1.54, 1.807) is 27.9 Å². The normalized spacial score (nSPS) is 16.8. The molecule has 1 fully saturated rings. The summed E-state index contributed by atoms with van der Waals surface area (Å²) < 4.78 is 7.69. The van der Waals surface area contributed by atoms with Gasteiger partial charge in [0.1, 0.15) is 17.6 Å². The second kappa shape index (κ2) is 7.77. The first-order chi connectivity index (χ1) is 13.6. The molecule has 1 saturated heterocycles. The molecule has 1 N–H and O–H groups in total. The predicted molar refractivity (Wildman–Crippen MR) is 104 cm³/mol. The van der Waals surface area contributed by atoms with Crippen LogP contribution in [0.1, 0.15) is 28.0 Å². The average Bonchev–Trinajstić information content (AvgIpc) is 3.05. The van der Waals surface area contributed by atoms with Crippen molar-refractivity contribution < 1.29 is 9.53 Å². The van der Waals surface area contributed by atoms with Gasteiger partial charge in [-0.1, -0.05) is 12.1 Å². The molecule has 0 bridgehead atoms. The number of rotatable bonds is 4. The van der Waals surface area contributed by atoms with Gasteiger partial charge in [0.05, 0.1) is 18.8 Å². The maximum atomic E-state index is 12.7. The van der Waals surface area contributed by atoms with Crippen molar-refractivity contribution in [3.05, 3.63) is 65.7 Å². The fourth-order valence-electron chi connectivity index (χ4n) is 3.12. The number of morpholine rings is 1. The quantitative estimate of drug-likeness (QED) is 0.751. The van der Waals surface area contributed by atoms with Crippen LogP contribution in [0.25, 0.3) is 0 Å². The number of hydrogen-bond acceptors (Lipinski definition) is 6. The molecule has 0 saturated carbocycles. The zero-order chi connectivity index (χ0) is 19.5. The molecule has 1 amide bonds. The highest BCUT2D eigenvalue weighted by Crippen LogP contribution is 2.24. The van der Waals surface area contributed by atoms with Crippen molar-refractivity contribution >= 4 is 17.5 Å². The Kier molecular flexibility index (Phi) is 5.03. The van der Waals surface area contributed by atoms with Gasteiger partial charge >= 0.3 is 0 Å². The number of pyridine rings is 2. The van der Waals surface area contributed by atoms with Gasteiger partial charge in [-0.05, 0) is 31.2 Å². The highest BCUT2D eigenvalue weighted by Gasteiger charge is 2.27.